The molecule has 2 heterocycles. The normalized spacial score (nSPS) is 23.9. The van der Waals surface area contributed by atoms with Crippen molar-refractivity contribution in [3.63, 3.8) is 0 Å². The van der Waals surface area contributed by atoms with Crippen molar-refractivity contribution in [3.05, 3.63) is 30.0 Å². The van der Waals surface area contributed by atoms with Gasteiger partial charge in [-0.15, -0.1) is 0 Å². The number of benzene rings is 1. The zero-order chi connectivity index (χ0) is 40.7. The molecule has 0 atom stereocenters. The van der Waals surface area contributed by atoms with Crippen LogP contribution in [0.1, 0.15) is 301 Å². The van der Waals surface area contributed by atoms with Crippen LogP contribution in [0.25, 0.3) is 10.9 Å². The molecule has 3 aliphatic rings. The fourth-order valence-electron chi connectivity index (χ4n) is 10.8. The van der Waals surface area contributed by atoms with Gasteiger partial charge >= 0.3 is 0 Å². The van der Waals surface area contributed by atoms with Crippen LogP contribution >= 0.6 is 0 Å². The Morgan fingerprint density at radius 1 is 0.424 bits per heavy atom. The number of oxime groups is 1. The van der Waals surface area contributed by atoms with Gasteiger partial charge in [-0.1, -0.05) is 248 Å². The summed E-state index contributed by atoms with van der Waals surface area (Å²) < 4.78 is 2.33. The summed E-state index contributed by atoms with van der Waals surface area (Å²) in [5.74, 6) is 0. The van der Waals surface area contributed by atoms with Crippen LogP contribution < -0.4 is 0 Å². The van der Waals surface area contributed by atoms with E-state index in [2.05, 4.69) is 29.1 Å². The lowest BCUT2D eigenvalue weighted by Crippen LogP contribution is -2.39. The molecule has 2 fully saturated rings. The summed E-state index contributed by atoms with van der Waals surface area (Å²) >= 11 is 0. The second-order valence-electron chi connectivity index (χ2n) is 20.2. The van der Waals surface area contributed by atoms with Crippen LogP contribution in [0.4, 0.5) is 0 Å². The highest BCUT2D eigenvalue weighted by Crippen LogP contribution is 2.41. The zero-order valence-electron chi connectivity index (χ0n) is 39.0. The van der Waals surface area contributed by atoms with E-state index in [0.717, 1.165) is 6.42 Å². The minimum Gasteiger partial charge on any atom is -0.389 e. The van der Waals surface area contributed by atoms with E-state index in [1.54, 1.807) is 0 Å². The van der Waals surface area contributed by atoms with E-state index in [0.29, 0.717) is 6.04 Å². The molecule has 0 N–H and O–H groups in total. The van der Waals surface area contributed by atoms with Gasteiger partial charge in [0.25, 0.3) is 0 Å². The number of hydrogen-bond donors (Lipinski definition) is 0. The lowest BCUT2D eigenvalue weighted by molar-refractivity contribution is -0.105. The van der Waals surface area contributed by atoms with Crippen molar-refractivity contribution in [3.8, 4) is 0 Å². The molecule has 5 rings (SSSR count). The molecule has 0 saturated heterocycles. The molecule has 0 amide bonds. The van der Waals surface area contributed by atoms with E-state index in [1.807, 2.05) is 0 Å². The van der Waals surface area contributed by atoms with Crippen LogP contribution in [0.3, 0.4) is 0 Å². The SMILES string of the molecule is c1cc2cnn(C3CCCC3)c2cc1C1=NOC2(CCCCCCCCCCCCCCCCCCCCCCCCCCCCCCCCCCCCCC1)CCC2. The molecule has 1 aromatic carbocycles. The topological polar surface area (TPSA) is 39.4 Å². The monoisotopic (exact) mass is 814 g/mol. The van der Waals surface area contributed by atoms with Crippen molar-refractivity contribution in [2.75, 3.05) is 0 Å². The van der Waals surface area contributed by atoms with E-state index in [-0.39, 0.29) is 5.60 Å². The molecule has 1 aliphatic heterocycles. The van der Waals surface area contributed by atoms with Gasteiger partial charge < -0.3 is 4.84 Å². The number of hydrogen-bond acceptors (Lipinski definition) is 3. The van der Waals surface area contributed by atoms with Gasteiger partial charge in [0.15, 0.2) is 0 Å². The molecule has 1 spiro atoms. The first-order valence-electron chi connectivity index (χ1n) is 27.1. The average molecular weight is 814 g/mol. The van der Waals surface area contributed by atoms with Crippen molar-refractivity contribution >= 4 is 16.6 Å². The van der Waals surface area contributed by atoms with Crippen LogP contribution in [-0.2, 0) is 4.84 Å². The standard InChI is InChI=1S/C55H95N3O/c1-2-4-6-8-10-12-14-16-18-20-22-24-26-28-30-32-34-38-45-55(46-39-47-55)59-57-53(50-43-44-51-49-56-58(54(51)48-50)52-40-36-37-41-52)42-35-33-31-29-27-25-23-21-19-17-15-13-11-9-7-5-3-1/h43-44,48-49,52H,1-42,45-47H2. The highest BCUT2D eigenvalue weighted by Gasteiger charge is 2.39. The summed E-state index contributed by atoms with van der Waals surface area (Å²) in [5.41, 5.74) is 3.69. The number of aromatic nitrogens is 2. The number of rotatable bonds is 2. The molecule has 0 bridgehead atoms. The third kappa shape index (κ3) is 19.8. The second-order valence-corrected chi connectivity index (χ2v) is 20.2. The van der Waals surface area contributed by atoms with Gasteiger partial charge in [-0.3, -0.25) is 4.68 Å². The lowest BCUT2D eigenvalue weighted by Gasteiger charge is -2.39. The Balaban J connectivity index is 1.05. The first-order valence-corrected chi connectivity index (χ1v) is 27.1. The van der Waals surface area contributed by atoms with E-state index >= 15 is 0 Å². The van der Waals surface area contributed by atoms with Gasteiger partial charge in [-0.05, 0) is 63.9 Å². The zero-order valence-corrected chi connectivity index (χ0v) is 39.0. The van der Waals surface area contributed by atoms with E-state index < -0.39 is 0 Å². The Morgan fingerprint density at radius 2 is 0.797 bits per heavy atom. The Bertz CT molecular complexity index is 1340. The third-order valence-electron chi connectivity index (χ3n) is 15.0. The molecule has 4 heteroatoms. The second kappa shape index (κ2) is 31.1. The summed E-state index contributed by atoms with van der Waals surface area (Å²) in [4.78, 5) is 6.69. The fraction of sp³-hybridized carbons (Fsp3) is 0.855. The molecule has 336 valence electrons. The van der Waals surface area contributed by atoms with Gasteiger partial charge in [-0.25, -0.2) is 0 Å². The van der Waals surface area contributed by atoms with Gasteiger partial charge in [0.2, 0.25) is 0 Å². The summed E-state index contributed by atoms with van der Waals surface area (Å²) in [7, 11) is 0. The Morgan fingerprint density at radius 3 is 1.19 bits per heavy atom. The Hall–Kier alpha value is -1.84. The van der Waals surface area contributed by atoms with E-state index in [9.17, 15) is 0 Å². The molecule has 2 aromatic rings. The van der Waals surface area contributed by atoms with Crippen molar-refractivity contribution in [2.45, 2.75) is 301 Å². The maximum atomic E-state index is 6.69. The number of fused-ring (bicyclic) bond motifs is 1. The summed E-state index contributed by atoms with van der Waals surface area (Å²) in [6.07, 6.45) is 64.8. The molecule has 4 nitrogen and oxygen atoms in total. The minimum absolute atomic E-state index is 0.0210. The lowest BCUT2D eigenvalue weighted by atomic mass is 9.76. The number of nitrogens with zero attached hydrogens (tertiary/aromatic N) is 3. The smallest absolute Gasteiger partial charge is 0.137 e. The highest BCUT2D eigenvalue weighted by molar-refractivity contribution is 6.02. The van der Waals surface area contributed by atoms with Crippen LogP contribution in [0.15, 0.2) is 29.6 Å². The van der Waals surface area contributed by atoms with Crippen molar-refractivity contribution < 1.29 is 4.84 Å². The molecule has 59 heavy (non-hydrogen) atoms. The largest absolute Gasteiger partial charge is 0.389 e. The van der Waals surface area contributed by atoms with Crippen molar-refractivity contribution in [1.82, 2.24) is 9.78 Å². The summed E-state index contributed by atoms with van der Waals surface area (Å²) in [6.45, 7) is 0. The van der Waals surface area contributed by atoms with Crippen LogP contribution in [0.2, 0.25) is 0 Å². The predicted molar refractivity (Wildman–Crippen MR) is 257 cm³/mol. The molecular formula is C55H95N3O. The van der Waals surface area contributed by atoms with Gasteiger partial charge in [0, 0.05) is 10.9 Å². The molecule has 2 aliphatic carbocycles. The Labute approximate surface area is 365 Å². The van der Waals surface area contributed by atoms with Crippen molar-refractivity contribution in [1.29, 1.82) is 0 Å². The molecule has 0 radical (unpaired) electrons. The maximum absolute atomic E-state index is 6.69. The fourth-order valence-corrected chi connectivity index (χ4v) is 10.8. The first kappa shape index (κ1) is 48.2. The molecule has 0 unspecified atom stereocenters. The molecular weight excluding hydrogens is 719 g/mol. The van der Waals surface area contributed by atoms with Crippen LogP contribution in [-0.4, -0.2) is 21.1 Å². The van der Waals surface area contributed by atoms with Gasteiger partial charge in [0.05, 0.1) is 23.5 Å². The summed E-state index contributed by atoms with van der Waals surface area (Å²) in [5, 5.41) is 11.2. The highest BCUT2D eigenvalue weighted by atomic mass is 16.7. The first-order chi connectivity index (χ1) is 29.3. The Kier molecular flexibility index (Phi) is 25.4. The minimum atomic E-state index is -0.0210. The van der Waals surface area contributed by atoms with E-state index in [4.69, 9.17) is 15.1 Å². The van der Waals surface area contributed by atoms with Crippen LogP contribution in [0.5, 0.6) is 0 Å². The van der Waals surface area contributed by atoms with E-state index in [1.165, 1.54) is 305 Å². The average Bonchev–Trinajstić information content (AvgIpc) is 3.93. The predicted octanol–water partition coefficient (Wildman–Crippen LogP) is 18.6. The van der Waals surface area contributed by atoms with Gasteiger partial charge in [-0.2, -0.15) is 5.10 Å². The maximum Gasteiger partial charge on any atom is 0.137 e. The van der Waals surface area contributed by atoms with Gasteiger partial charge in [0.1, 0.15) is 5.60 Å². The third-order valence-corrected chi connectivity index (χ3v) is 15.0. The quantitative estimate of drug-likeness (QED) is 0.303. The van der Waals surface area contributed by atoms with Crippen molar-refractivity contribution in [2.24, 2.45) is 5.16 Å². The molecule has 1 aromatic heterocycles. The van der Waals surface area contributed by atoms with Crippen LogP contribution in [0, 0.1) is 0 Å². The molecule has 2 saturated carbocycles. The summed E-state index contributed by atoms with van der Waals surface area (Å²) in [6, 6.07) is 7.52.